The lowest BCUT2D eigenvalue weighted by atomic mass is 10.1. The van der Waals surface area contributed by atoms with Gasteiger partial charge in [-0.25, -0.2) is 12.8 Å². The first kappa shape index (κ1) is 22.5. The first-order valence-corrected chi connectivity index (χ1v) is 12.6. The Bertz CT molecular complexity index is 1080. The van der Waals surface area contributed by atoms with Gasteiger partial charge >= 0.3 is 0 Å². The van der Waals surface area contributed by atoms with Gasteiger partial charge in [-0.15, -0.1) is 0 Å². The Labute approximate surface area is 188 Å². The summed E-state index contributed by atoms with van der Waals surface area (Å²) in [5.74, 6) is -0.459. The van der Waals surface area contributed by atoms with Crippen LogP contribution in [0.4, 0.5) is 15.8 Å². The van der Waals surface area contributed by atoms with Gasteiger partial charge in [0.2, 0.25) is 0 Å². The molecule has 2 heterocycles. The average Bonchev–Trinajstić information content (AvgIpc) is 2.79. The van der Waals surface area contributed by atoms with Crippen molar-refractivity contribution in [1.29, 1.82) is 0 Å². The van der Waals surface area contributed by atoms with Crippen LogP contribution in [0.25, 0.3) is 0 Å². The molecule has 172 valence electrons. The highest BCUT2D eigenvalue weighted by Gasteiger charge is 2.30. The van der Waals surface area contributed by atoms with E-state index >= 15 is 0 Å². The Morgan fingerprint density at radius 1 is 1.03 bits per heavy atom. The quantitative estimate of drug-likeness (QED) is 0.697. The molecular weight excluding hydrogens is 433 g/mol. The molecule has 9 heteroatoms. The van der Waals surface area contributed by atoms with Crippen LogP contribution in [0.2, 0.25) is 0 Å². The number of carbonyl (C=O) groups excluding carboxylic acids is 1. The molecule has 1 unspecified atom stereocenters. The molecule has 2 aliphatic rings. The number of amides is 1. The van der Waals surface area contributed by atoms with Crippen molar-refractivity contribution in [3.8, 4) is 0 Å². The molecule has 1 amide bonds. The van der Waals surface area contributed by atoms with Crippen LogP contribution in [0.3, 0.4) is 0 Å². The third-order valence-corrected chi connectivity index (χ3v) is 7.16. The van der Waals surface area contributed by atoms with Crippen LogP contribution in [0.15, 0.2) is 47.4 Å². The first-order valence-electron chi connectivity index (χ1n) is 10.7. The van der Waals surface area contributed by atoms with Crippen LogP contribution in [0, 0.1) is 5.82 Å². The lowest BCUT2D eigenvalue weighted by Gasteiger charge is -2.41. The number of benzene rings is 2. The third kappa shape index (κ3) is 4.73. The standard InChI is InChI=1S/C23H28FN3O4S/c1-17-16-26(9-10-27(17)19-5-3-18(24)4-6-19)23(28)21-15-20(32(2,29)30)7-8-22(21)25-11-13-31-14-12-25/h3-8,15,17H,9-14,16H2,1-2H3. The highest BCUT2D eigenvalue weighted by molar-refractivity contribution is 7.90. The van der Waals surface area contributed by atoms with E-state index in [9.17, 15) is 17.6 Å². The summed E-state index contributed by atoms with van der Waals surface area (Å²) < 4.78 is 43.0. The summed E-state index contributed by atoms with van der Waals surface area (Å²) in [4.78, 5) is 19.7. The molecule has 0 aromatic heterocycles. The fourth-order valence-corrected chi connectivity index (χ4v) is 4.97. The fourth-order valence-electron chi connectivity index (χ4n) is 4.33. The van der Waals surface area contributed by atoms with Crippen LogP contribution < -0.4 is 9.80 Å². The molecule has 0 bridgehead atoms. The number of ether oxygens (including phenoxy) is 1. The van der Waals surface area contributed by atoms with Gasteiger partial charge in [-0.3, -0.25) is 4.79 Å². The van der Waals surface area contributed by atoms with Crippen LogP contribution >= 0.6 is 0 Å². The molecule has 2 aliphatic heterocycles. The van der Waals surface area contributed by atoms with E-state index < -0.39 is 9.84 Å². The zero-order chi connectivity index (χ0) is 22.9. The number of hydrogen-bond acceptors (Lipinski definition) is 6. The molecule has 0 spiro atoms. The van der Waals surface area contributed by atoms with Crippen molar-refractivity contribution in [1.82, 2.24) is 4.90 Å². The van der Waals surface area contributed by atoms with E-state index in [4.69, 9.17) is 4.74 Å². The van der Waals surface area contributed by atoms with Crippen molar-refractivity contribution >= 4 is 27.1 Å². The number of halogens is 1. The van der Waals surface area contributed by atoms with E-state index in [1.54, 1.807) is 29.2 Å². The Balaban J connectivity index is 1.59. The number of piperazine rings is 1. The van der Waals surface area contributed by atoms with Crippen molar-refractivity contribution in [2.45, 2.75) is 17.9 Å². The Kier molecular flexibility index (Phi) is 6.39. The number of rotatable bonds is 4. The van der Waals surface area contributed by atoms with Crippen molar-refractivity contribution in [3.05, 3.63) is 53.8 Å². The summed E-state index contributed by atoms with van der Waals surface area (Å²) in [5, 5.41) is 0. The van der Waals surface area contributed by atoms with Crippen molar-refractivity contribution in [2.75, 3.05) is 62.0 Å². The molecule has 0 radical (unpaired) electrons. The molecule has 2 aromatic rings. The highest BCUT2D eigenvalue weighted by atomic mass is 32.2. The molecule has 2 aromatic carbocycles. The molecule has 0 saturated carbocycles. The average molecular weight is 462 g/mol. The van der Waals surface area contributed by atoms with Gasteiger partial charge < -0.3 is 19.4 Å². The molecule has 4 rings (SSSR count). The lowest BCUT2D eigenvalue weighted by Crippen LogP contribution is -2.54. The smallest absolute Gasteiger partial charge is 0.256 e. The second-order valence-electron chi connectivity index (χ2n) is 8.32. The van der Waals surface area contributed by atoms with Crippen LogP contribution in [-0.4, -0.2) is 77.5 Å². The molecule has 0 aliphatic carbocycles. The molecule has 32 heavy (non-hydrogen) atoms. The number of morpholine rings is 1. The number of carbonyl (C=O) groups is 1. The molecular formula is C23H28FN3O4S. The van der Waals surface area contributed by atoms with Crippen molar-refractivity contribution in [2.24, 2.45) is 0 Å². The summed E-state index contributed by atoms with van der Waals surface area (Å²) in [6.07, 6.45) is 1.15. The summed E-state index contributed by atoms with van der Waals surface area (Å²) in [6, 6.07) is 11.2. The maximum atomic E-state index is 13.6. The molecule has 2 saturated heterocycles. The van der Waals surface area contributed by atoms with Crippen molar-refractivity contribution in [3.63, 3.8) is 0 Å². The number of nitrogens with zero attached hydrogens (tertiary/aromatic N) is 3. The monoisotopic (exact) mass is 461 g/mol. The zero-order valence-electron chi connectivity index (χ0n) is 18.3. The number of sulfone groups is 1. The minimum absolute atomic E-state index is 0.0306. The second-order valence-corrected chi connectivity index (χ2v) is 10.3. The predicted molar refractivity (Wildman–Crippen MR) is 122 cm³/mol. The molecule has 1 atom stereocenters. The van der Waals surface area contributed by atoms with E-state index in [1.807, 2.05) is 6.92 Å². The Morgan fingerprint density at radius 2 is 1.72 bits per heavy atom. The normalized spacial score (nSPS) is 19.8. The van der Waals surface area contributed by atoms with Gasteiger partial charge in [-0.2, -0.15) is 0 Å². The van der Waals surface area contributed by atoms with E-state index in [2.05, 4.69) is 9.80 Å². The van der Waals surface area contributed by atoms with Crippen molar-refractivity contribution < 1.29 is 22.3 Å². The van der Waals surface area contributed by atoms with Crippen LogP contribution in [0.5, 0.6) is 0 Å². The summed E-state index contributed by atoms with van der Waals surface area (Å²) in [5.41, 5.74) is 2.05. The Hall–Kier alpha value is -2.65. The SMILES string of the molecule is CC1CN(C(=O)c2cc(S(C)(=O)=O)ccc2N2CCOCC2)CCN1c1ccc(F)cc1. The summed E-state index contributed by atoms with van der Waals surface area (Å²) in [6.45, 7) is 6.04. The van der Waals surface area contributed by atoms with E-state index in [1.165, 1.54) is 18.2 Å². The minimum atomic E-state index is -3.45. The van der Waals surface area contributed by atoms with Crippen LogP contribution in [0.1, 0.15) is 17.3 Å². The summed E-state index contributed by atoms with van der Waals surface area (Å²) >= 11 is 0. The second kappa shape index (κ2) is 9.07. The molecule has 2 fully saturated rings. The van der Waals surface area contributed by atoms with Gasteiger partial charge in [0.25, 0.3) is 5.91 Å². The van der Waals surface area contributed by atoms with Crippen LogP contribution in [-0.2, 0) is 14.6 Å². The van der Waals surface area contributed by atoms with Gasteiger partial charge in [0.05, 0.1) is 23.7 Å². The number of hydrogen-bond donors (Lipinski definition) is 0. The largest absolute Gasteiger partial charge is 0.378 e. The third-order valence-electron chi connectivity index (χ3n) is 6.05. The topological polar surface area (TPSA) is 70.2 Å². The lowest BCUT2D eigenvalue weighted by molar-refractivity contribution is 0.0725. The Morgan fingerprint density at radius 3 is 2.34 bits per heavy atom. The first-order chi connectivity index (χ1) is 15.2. The van der Waals surface area contributed by atoms with Gasteiger partial charge in [0.1, 0.15) is 5.82 Å². The van der Waals surface area contributed by atoms with E-state index in [-0.39, 0.29) is 22.7 Å². The van der Waals surface area contributed by atoms with E-state index in [0.29, 0.717) is 51.5 Å². The maximum absolute atomic E-state index is 13.6. The fraction of sp³-hybridized carbons (Fsp3) is 0.435. The van der Waals surface area contributed by atoms with Gasteiger partial charge in [-0.05, 0) is 49.4 Å². The number of anilines is 2. The minimum Gasteiger partial charge on any atom is -0.378 e. The molecule has 7 nitrogen and oxygen atoms in total. The summed E-state index contributed by atoms with van der Waals surface area (Å²) in [7, 11) is -3.45. The van der Waals surface area contributed by atoms with Gasteiger partial charge in [0.15, 0.2) is 9.84 Å². The highest BCUT2D eigenvalue weighted by Crippen LogP contribution is 2.28. The van der Waals surface area contributed by atoms with E-state index in [0.717, 1.165) is 17.6 Å². The van der Waals surface area contributed by atoms with Gasteiger partial charge in [0, 0.05) is 56.4 Å². The predicted octanol–water partition coefficient (Wildman–Crippen LogP) is 2.42. The maximum Gasteiger partial charge on any atom is 0.256 e. The van der Waals surface area contributed by atoms with Gasteiger partial charge in [-0.1, -0.05) is 0 Å². The zero-order valence-corrected chi connectivity index (χ0v) is 19.1. The molecule has 0 N–H and O–H groups in total.